The molecule has 0 aliphatic rings. The Hall–Kier alpha value is -3.64. The van der Waals surface area contributed by atoms with E-state index in [1.165, 1.54) is 0 Å². The second-order valence-corrected chi connectivity index (χ2v) is 8.30. The molecule has 3 aromatic rings. The first-order chi connectivity index (χ1) is 17.1. The summed E-state index contributed by atoms with van der Waals surface area (Å²) < 4.78 is 10.4. The summed E-state index contributed by atoms with van der Waals surface area (Å²) in [5.74, 6) is 0.511. The zero-order valence-electron chi connectivity index (χ0n) is 20.5. The van der Waals surface area contributed by atoms with E-state index in [9.17, 15) is 9.59 Å². The molecule has 3 rings (SSSR count). The van der Waals surface area contributed by atoms with Crippen LogP contribution < -0.4 is 10.1 Å². The molecule has 0 aromatic heterocycles. The summed E-state index contributed by atoms with van der Waals surface area (Å²) in [6, 6.07) is 26.2. The fourth-order valence-electron chi connectivity index (χ4n) is 3.95. The molecule has 0 fully saturated rings. The lowest BCUT2D eigenvalue weighted by Gasteiger charge is -2.31. The van der Waals surface area contributed by atoms with Crippen molar-refractivity contribution < 1.29 is 19.1 Å². The first-order valence-electron chi connectivity index (χ1n) is 11.9. The van der Waals surface area contributed by atoms with E-state index in [-0.39, 0.29) is 11.8 Å². The fourth-order valence-corrected chi connectivity index (χ4v) is 3.95. The molecule has 3 aromatic carbocycles. The number of hydrogen-bond donors (Lipinski definition) is 1. The third-order valence-corrected chi connectivity index (χ3v) is 5.84. The van der Waals surface area contributed by atoms with E-state index >= 15 is 0 Å². The first-order valence-corrected chi connectivity index (χ1v) is 11.9. The maximum Gasteiger partial charge on any atom is 0.247 e. The Morgan fingerprint density at radius 1 is 0.857 bits per heavy atom. The molecule has 0 radical (unpaired) electrons. The minimum Gasteiger partial charge on any atom is -0.497 e. The Morgan fingerprint density at radius 2 is 1.51 bits per heavy atom. The van der Waals surface area contributed by atoms with Crippen molar-refractivity contribution in [2.24, 2.45) is 0 Å². The lowest BCUT2D eigenvalue weighted by molar-refractivity contribution is -0.141. The van der Waals surface area contributed by atoms with Crippen LogP contribution in [0.25, 0.3) is 0 Å². The normalized spacial score (nSPS) is 11.5. The predicted octanol–water partition coefficient (Wildman–Crippen LogP) is 4.55. The minimum absolute atomic E-state index is 0.0689. The van der Waals surface area contributed by atoms with E-state index < -0.39 is 6.04 Å². The highest BCUT2D eigenvalue weighted by Crippen LogP contribution is 2.24. The van der Waals surface area contributed by atoms with Gasteiger partial charge < -0.3 is 19.7 Å². The minimum atomic E-state index is -0.722. The molecule has 0 saturated carbocycles. The van der Waals surface area contributed by atoms with Crippen LogP contribution in [0.3, 0.4) is 0 Å². The van der Waals surface area contributed by atoms with Crippen molar-refractivity contribution in [2.45, 2.75) is 31.8 Å². The van der Waals surface area contributed by atoms with Crippen molar-refractivity contribution in [1.82, 2.24) is 10.2 Å². The summed E-state index contributed by atoms with van der Waals surface area (Å²) in [6.45, 7) is 1.33. The second-order valence-electron chi connectivity index (χ2n) is 8.30. The highest BCUT2D eigenvalue weighted by Gasteiger charge is 2.30. The largest absolute Gasteiger partial charge is 0.497 e. The molecular formula is C29H34N2O4. The second kappa shape index (κ2) is 13.9. The molecule has 1 unspecified atom stereocenters. The topological polar surface area (TPSA) is 67.9 Å². The number of hydrogen-bond acceptors (Lipinski definition) is 4. The Bertz CT molecular complexity index is 1040. The maximum absolute atomic E-state index is 13.5. The molecule has 1 atom stereocenters. The number of ether oxygens (including phenoxy) is 2. The van der Waals surface area contributed by atoms with Crippen LogP contribution in [0.2, 0.25) is 0 Å². The molecule has 0 aliphatic carbocycles. The highest BCUT2D eigenvalue weighted by molar-refractivity contribution is 5.88. The SMILES string of the molecule is COCCCN(C(=O)CCc1ccc(OC)cc1)C(C(=O)NCc1ccccc1)c1ccccc1. The van der Waals surface area contributed by atoms with Gasteiger partial charge in [-0.05, 0) is 41.7 Å². The zero-order valence-corrected chi connectivity index (χ0v) is 20.5. The van der Waals surface area contributed by atoms with Gasteiger partial charge in [-0.25, -0.2) is 0 Å². The maximum atomic E-state index is 13.5. The van der Waals surface area contributed by atoms with Crippen molar-refractivity contribution in [3.05, 3.63) is 102 Å². The molecule has 0 saturated heterocycles. The first kappa shape index (κ1) is 26.0. The summed E-state index contributed by atoms with van der Waals surface area (Å²) in [5.41, 5.74) is 2.83. The van der Waals surface area contributed by atoms with Crippen LogP contribution in [-0.4, -0.2) is 44.1 Å². The third-order valence-electron chi connectivity index (χ3n) is 5.84. The van der Waals surface area contributed by atoms with Gasteiger partial charge in [0.25, 0.3) is 0 Å². The molecule has 184 valence electrons. The van der Waals surface area contributed by atoms with E-state index in [2.05, 4.69) is 5.32 Å². The molecule has 0 bridgehead atoms. The summed E-state index contributed by atoms with van der Waals surface area (Å²) >= 11 is 0. The molecule has 0 spiro atoms. The van der Waals surface area contributed by atoms with Crippen LogP contribution in [-0.2, 0) is 27.3 Å². The Balaban J connectivity index is 1.79. The summed E-state index contributed by atoms with van der Waals surface area (Å²) in [6.07, 6.45) is 1.52. The molecule has 0 heterocycles. The molecular weight excluding hydrogens is 440 g/mol. The van der Waals surface area contributed by atoms with E-state index in [0.29, 0.717) is 39.0 Å². The van der Waals surface area contributed by atoms with Gasteiger partial charge in [0.05, 0.1) is 7.11 Å². The number of nitrogens with zero attached hydrogens (tertiary/aromatic N) is 1. The van der Waals surface area contributed by atoms with Crippen molar-refractivity contribution in [1.29, 1.82) is 0 Å². The average molecular weight is 475 g/mol. The van der Waals surface area contributed by atoms with Crippen molar-refractivity contribution in [2.75, 3.05) is 27.4 Å². The highest BCUT2D eigenvalue weighted by atomic mass is 16.5. The van der Waals surface area contributed by atoms with Gasteiger partial charge in [0, 0.05) is 33.2 Å². The van der Waals surface area contributed by atoms with Crippen molar-refractivity contribution in [3.63, 3.8) is 0 Å². The van der Waals surface area contributed by atoms with E-state index in [0.717, 1.165) is 22.4 Å². The third kappa shape index (κ3) is 7.97. The molecule has 6 nitrogen and oxygen atoms in total. The van der Waals surface area contributed by atoms with Crippen molar-refractivity contribution >= 4 is 11.8 Å². The van der Waals surface area contributed by atoms with E-state index in [4.69, 9.17) is 9.47 Å². The van der Waals surface area contributed by atoms with Gasteiger partial charge >= 0.3 is 0 Å². The monoisotopic (exact) mass is 474 g/mol. The van der Waals surface area contributed by atoms with Gasteiger partial charge in [0.1, 0.15) is 11.8 Å². The van der Waals surface area contributed by atoms with Gasteiger partial charge in [-0.15, -0.1) is 0 Å². The molecule has 35 heavy (non-hydrogen) atoms. The Morgan fingerprint density at radius 3 is 2.14 bits per heavy atom. The number of aryl methyl sites for hydroxylation is 1. The summed E-state index contributed by atoms with van der Waals surface area (Å²) in [4.78, 5) is 28.7. The van der Waals surface area contributed by atoms with Crippen LogP contribution in [0.4, 0.5) is 0 Å². The van der Waals surface area contributed by atoms with Crippen LogP contribution >= 0.6 is 0 Å². The van der Waals surface area contributed by atoms with Crippen LogP contribution in [0, 0.1) is 0 Å². The number of carbonyl (C=O) groups is 2. The van der Waals surface area contributed by atoms with E-state index in [1.54, 1.807) is 19.1 Å². The van der Waals surface area contributed by atoms with Gasteiger partial charge in [0.15, 0.2) is 0 Å². The van der Waals surface area contributed by atoms with E-state index in [1.807, 2.05) is 84.9 Å². The number of amides is 2. The van der Waals surface area contributed by atoms with Gasteiger partial charge in [-0.1, -0.05) is 72.8 Å². The van der Waals surface area contributed by atoms with Gasteiger partial charge in [0.2, 0.25) is 11.8 Å². The zero-order chi connectivity index (χ0) is 24.9. The number of benzene rings is 3. The van der Waals surface area contributed by atoms with Gasteiger partial charge in [-0.3, -0.25) is 9.59 Å². The summed E-state index contributed by atoms with van der Waals surface area (Å²) in [7, 11) is 3.26. The Kier molecular flexibility index (Phi) is 10.3. The number of methoxy groups -OCH3 is 2. The van der Waals surface area contributed by atoms with Crippen LogP contribution in [0.5, 0.6) is 5.75 Å². The molecule has 2 amide bonds. The predicted molar refractivity (Wildman–Crippen MR) is 137 cm³/mol. The molecule has 1 N–H and O–H groups in total. The Labute approximate surface area is 207 Å². The van der Waals surface area contributed by atoms with Gasteiger partial charge in [-0.2, -0.15) is 0 Å². The smallest absolute Gasteiger partial charge is 0.247 e. The lowest BCUT2D eigenvalue weighted by atomic mass is 10.0. The standard InChI is InChI=1S/C29H34N2O4/c1-34-21-9-20-31(27(32)19-16-23-14-17-26(35-2)18-15-23)28(25-12-7-4-8-13-25)29(33)30-22-24-10-5-3-6-11-24/h3-8,10-15,17-18,28H,9,16,19-22H2,1-2H3,(H,30,33). The van der Waals surface area contributed by atoms with Crippen molar-refractivity contribution in [3.8, 4) is 5.75 Å². The lowest BCUT2D eigenvalue weighted by Crippen LogP contribution is -2.44. The van der Waals surface area contributed by atoms with Crippen LogP contribution in [0.1, 0.15) is 35.6 Å². The molecule has 0 aliphatic heterocycles. The van der Waals surface area contributed by atoms with Crippen LogP contribution in [0.15, 0.2) is 84.9 Å². The quantitative estimate of drug-likeness (QED) is 0.369. The summed E-state index contributed by atoms with van der Waals surface area (Å²) in [5, 5.41) is 3.03. The number of nitrogens with one attached hydrogen (secondary N) is 1. The number of rotatable bonds is 13. The number of carbonyl (C=O) groups excluding carboxylic acids is 2. The fraction of sp³-hybridized carbons (Fsp3) is 0.310. The molecule has 6 heteroatoms. The average Bonchev–Trinajstić information content (AvgIpc) is 2.91.